The van der Waals surface area contributed by atoms with Crippen LogP contribution < -0.4 is 10.1 Å². The van der Waals surface area contributed by atoms with Gasteiger partial charge in [-0.05, 0) is 50.6 Å². The van der Waals surface area contributed by atoms with E-state index in [1.807, 2.05) is 49.4 Å². The molecule has 0 radical (unpaired) electrons. The summed E-state index contributed by atoms with van der Waals surface area (Å²) in [5, 5.41) is 7.65. The largest absolute Gasteiger partial charge is 0.494 e. The predicted octanol–water partition coefficient (Wildman–Crippen LogP) is 4.64. The van der Waals surface area contributed by atoms with Gasteiger partial charge in [-0.1, -0.05) is 35.0 Å². The Bertz CT molecular complexity index is 1040. The number of nitrogens with one attached hydrogen (secondary N) is 1. The van der Waals surface area contributed by atoms with Crippen molar-refractivity contribution in [3.05, 3.63) is 59.4 Å². The monoisotopic (exact) mass is 440 g/mol. The van der Waals surface area contributed by atoms with E-state index in [0.29, 0.717) is 36.4 Å². The number of ether oxygens (including phenoxy) is 1. The summed E-state index contributed by atoms with van der Waals surface area (Å²) in [6.45, 7) is 4.54. The van der Waals surface area contributed by atoms with Crippen LogP contribution in [0.15, 0.2) is 53.1 Å². The number of aromatic nitrogens is 2. The van der Waals surface area contributed by atoms with Gasteiger partial charge >= 0.3 is 0 Å². The summed E-state index contributed by atoms with van der Waals surface area (Å²) in [5.74, 6) is 1.65. The van der Waals surface area contributed by atoms with E-state index >= 15 is 0 Å². The average Bonchev–Trinajstić information content (AvgIpc) is 3.23. The number of piperidine rings is 1. The van der Waals surface area contributed by atoms with Crippen molar-refractivity contribution >= 4 is 23.2 Å². The van der Waals surface area contributed by atoms with Crippen LogP contribution in [0, 0.1) is 5.92 Å². The van der Waals surface area contributed by atoms with Crippen molar-refractivity contribution in [1.29, 1.82) is 0 Å². The number of amides is 1. The van der Waals surface area contributed by atoms with Crippen LogP contribution >= 0.6 is 11.6 Å². The van der Waals surface area contributed by atoms with Gasteiger partial charge in [0, 0.05) is 23.9 Å². The van der Waals surface area contributed by atoms with Crippen molar-refractivity contribution < 1.29 is 14.1 Å². The predicted molar refractivity (Wildman–Crippen MR) is 119 cm³/mol. The maximum Gasteiger partial charge on any atom is 0.241 e. The number of carbonyl (C=O) groups excluding carboxylic acids is 1. The highest BCUT2D eigenvalue weighted by Gasteiger charge is 2.27. The fourth-order valence-electron chi connectivity index (χ4n) is 3.75. The van der Waals surface area contributed by atoms with Gasteiger partial charge in [-0.15, -0.1) is 0 Å². The Labute approximate surface area is 186 Å². The molecule has 31 heavy (non-hydrogen) atoms. The number of benzene rings is 2. The van der Waals surface area contributed by atoms with Crippen LogP contribution in [0.5, 0.6) is 5.75 Å². The van der Waals surface area contributed by atoms with Crippen molar-refractivity contribution in [3.8, 4) is 17.1 Å². The van der Waals surface area contributed by atoms with Gasteiger partial charge in [0.2, 0.25) is 17.6 Å². The second kappa shape index (κ2) is 9.94. The number of anilines is 1. The second-order valence-corrected chi connectivity index (χ2v) is 7.92. The third-order valence-electron chi connectivity index (χ3n) is 5.23. The topological polar surface area (TPSA) is 80.5 Å². The van der Waals surface area contributed by atoms with Gasteiger partial charge in [0.15, 0.2) is 0 Å². The van der Waals surface area contributed by atoms with Crippen LogP contribution in [-0.2, 0) is 11.3 Å². The van der Waals surface area contributed by atoms with Gasteiger partial charge < -0.3 is 14.6 Å². The minimum Gasteiger partial charge on any atom is -0.494 e. The van der Waals surface area contributed by atoms with Crippen molar-refractivity contribution in [1.82, 2.24) is 15.0 Å². The van der Waals surface area contributed by atoms with Gasteiger partial charge in [0.1, 0.15) is 5.75 Å². The first-order valence-electron chi connectivity index (χ1n) is 10.5. The van der Waals surface area contributed by atoms with E-state index < -0.39 is 0 Å². The first-order chi connectivity index (χ1) is 15.1. The number of carbonyl (C=O) groups is 1. The van der Waals surface area contributed by atoms with Crippen LogP contribution in [0.2, 0.25) is 5.02 Å². The molecule has 1 aliphatic heterocycles. The van der Waals surface area contributed by atoms with Crippen molar-refractivity contribution in [3.63, 3.8) is 0 Å². The highest BCUT2D eigenvalue weighted by molar-refractivity contribution is 6.33. The van der Waals surface area contributed by atoms with E-state index in [0.717, 1.165) is 36.4 Å². The molecule has 1 amide bonds. The molecular formula is C23H25ClN4O3. The molecule has 2 heterocycles. The molecule has 0 spiro atoms. The van der Waals surface area contributed by atoms with E-state index in [-0.39, 0.29) is 11.8 Å². The lowest BCUT2D eigenvalue weighted by Gasteiger charge is -2.30. The Hall–Kier alpha value is -2.90. The van der Waals surface area contributed by atoms with E-state index in [1.54, 1.807) is 6.07 Å². The van der Waals surface area contributed by atoms with Crippen molar-refractivity contribution in [2.24, 2.45) is 5.92 Å². The molecule has 0 bridgehead atoms. The third kappa shape index (κ3) is 5.42. The molecule has 1 saturated heterocycles. The summed E-state index contributed by atoms with van der Waals surface area (Å²) in [6.07, 6.45) is 1.78. The summed E-state index contributed by atoms with van der Waals surface area (Å²) in [5.41, 5.74) is 1.48. The lowest BCUT2D eigenvalue weighted by molar-refractivity contribution is -0.121. The number of halogens is 1. The maximum absolute atomic E-state index is 12.8. The van der Waals surface area contributed by atoms with Crippen LogP contribution in [-0.4, -0.2) is 40.6 Å². The highest BCUT2D eigenvalue weighted by Crippen LogP contribution is 2.26. The average molecular weight is 441 g/mol. The Morgan fingerprint density at radius 2 is 2.16 bits per heavy atom. The number of hydrogen-bond acceptors (Lipinski definition) is 6. The molecule has 2 aromatic carbocycles. The molecule has 8 heteroatoms. The van der Waals surface area contributed by atoms with Gasteiger partial charge in [-0.2, -0.15) is 4.98 Å². The lowest BCUT2D eigenvalue weighted by atomic mass is 9.97. The quantitative estimate of drug-likeness (QED) is 0.576. The van der Waals surface area contributed by atoms with E-state index in [2.05, 4.69) is 20.4 Å². The molecule has 1 atom stereocenters. The summed E-state index contributed by atoms with van der Waals surface area (Å²) >= 11 is 6.22. The highest BCUT2D eigenvalue weighted by atomic mass is 35.5. The molecule has 1 N–H and O–H groups in total. The van der Waals surface area contributed by atoms with Gasteiger partial charge in [-0.25, -0.2) is 0 Å². The Morgan fingerprint density at radius 3 is 3.00 bits per heavy atom. The fourth-order valence-corrected chi connectivity index (χ4v) is 3.97. The minimum atomic E-state index is -0.101. The van der Waals surface area contributed by atoms with Gasteiger partial charge in [0.25, 0.3) is 0 Å². The summed E-state index contributed by atoms with van der Waals surface area (Å²) < 4.78 is 10.9. The third-order valence-corrected chi connectivity index (χ3v) is 5.56. The van der Waals surface area contributed by atoms with Gasteiger partial charge in [-0.3, -0.25) is 9.69 Å². The zero-order valence-electron chi connectivity index (χ0n) is 17.4. The standard InChI is InChI=1S/C23H25ClN4O3/c1-2-30-18-9-5-8-17(13-18)25-23(29)16-7-6-12-28(14-16)15-21-26-22(27-31-21)19-10-3-4-11-20(19)24/h3-5,8-11,13,16H,2,6-7,12,14-15H2,1H3,(H,25,29). The SMILES string of the molecule is CCOc1cccc(NC(=O)C2CCCN(Cc3nc(-c4ccccc4Cl)no3)C2)c1. The van der Waals surface area contributed by atoms with Crippen LogP contribution in [0.4, 0.5) is 5.69 Å². The molecule has 1 aliphatic rings. The van der Waals surface area contributed by atoms with E-state index in [1.165, 1.54) is 0 Å². The normalized spacial score (nSPS) is 16.8. The van der Waals surface area contributed by atoms with Crippen LogP contribution in [0.25, 0.3) is 11.4 Å². The molecule has 4 rings (SSSR count). The Morgan fingerprint density at radius 1 is 1.29 bits per heavy atom. The first-order valence-corrected chi connectivity index (χ1v) is 10.8. The van der Waals surface area contributed by atoms with Crippen molar-refractivity contribution in [2.45, 2.75) is 26.3 Å². The summed E-state index contributed by atoms with van der Waals surface area (Å²) in [7, 11) is 0. The zero-order chi connectivity index (χ0) is 21.6. The smallest absolute Gasteiger partial charge is 0.241 e. The molecule has 162 valence electrons. The molecule has 0 aliphatic carbocycles. The van der Waals surface area contributed by atoms with E-state index in [4.69, 9.17) is 20.9 Å². The lowest BCUT2D eigenvalue weighted by Crippen LogP contribution is -2.40. The van der Waals surface area contributed by atoms with Crippen LogP contribution in [0.3, 0.4) is 0 Å². The fraction of sp³-hybridized carbons (Fsp3) is 0.348. The van der Waals surface area contributed by atoms with Gasteiger partial charge in [0.05, 0.1) is 24.1 Å². The molecule has 1 unspecified atom stereocenters. The van der Waals surface area contributed by atoms with E-state index in [9.17, 15) is 4.79 Å². The number of nitrogens with zero attached hydrogens (tertiary/aromatic N) is 3. The molecule has 3 aromatic rings. The zero-order valence-corrected chi connectivity index (χ0v) is 18.1. The maximum atomic E-state index is 12.8. The summed E-state index contributed by atoms with van der Waals surface area (Å²) in [6, 6.07) is 14.9. The molecule has 0 saturated carbocycles. The molecular weight excluding hydrogens is 416 g/mol. The first kappa shape index (κ1) is 21.3. The molecule has 7 nitrogen and oxygen atoms in total. The number of likely N-dealkylation sites (tertiary alicyclic amines) is 1. The van der Waals surface area contributed by atoms with Crippen LogP contribution in [0.1, 0.15) is 25.7 Å². The number of hydrogen-bond donors (Lipinski definition) is 1. The summed E-state index contributed by atoms with van der Waals surface area (Å²) in [4.78, 5) is 19.5. The molecule has 1 aromatic heterocycles. The second-order valence-electron chi connectivity index (χ2n) is 7.52. The Kier molecular flexibility index (Phi) is 6.84. The Balaban J connectivity index is 1.36. The number of rotatable bonds is 7. The molecule has 1 fully saturated rings. The van der Waals surface area contributed by atoms with Crippen molar-refractivity contribution in [2.75, 3.05) is 25.0 Å². The minimum absolute atomic E-state index is 0.0145.